The zero-order valence-electron chi connectivity index (χ0n) is 19.6. The van der Waals surface area contributed by atoms with E-state index >= 15 is 0 Å². The van der Waals surface area contributed by atoms with Gasteiger partial charge >= 0.3 is 0 Å². The lowest BCUT2D eigenvalue weighted by Gasteiger charge is -2.28. The van der Waals surface area contributed by atoms with Crippen LogP contribution in [0.1, 0.15) is 75.8 Å². The third-order valence-corrected chi connectivity index (χ3v) is 7.51. The summed E-state index contributed by atoms with van der Waals surface area (Å²) in [6.45, 7) is 5.99. The van der Waals surface area contributed by atoms with Crippen molar-refractivity contribution >= 4 is 16.8 Å². The number of fused-ring (bicyclic) bond motifs is 1. The predicted molar refractivity (Wildman–Crippen MR) is 137 cm³/mol. The van der Waals surface area contributed by atoms with Crippen LogP contribution >= 0.6 is 0 Å². The van der Waals surface area contributed by atoms with Crippen LogP contribution in [-0.2, 0) is 6.42 Å². The molecule has 0 bridgehead atoms. The van der Waals surface area contributed by atoms with Gasteiger partial charge in [-0.25, -0.2) is 4.39 Å². The highest BCUT2D eigenvalue weighted by molar-refractivity contribution is 5.89. The highest BCUT2D eigenvalue weighted by Gasteiger charge is 2.20. The molecule has 0 unspecified atom stereocenters. The standard InChI is InChI=1S/C31H37F/c1-3-5-6-7-23-8-10-24(11-9-23)12-13-25-14-16-27(17-15-25)28-20-21-30-29(22-28)19-18-26(4-2)31(30)32/h4,14-24H,2-3,5-13H2,1H3. The Bertz CT molecular complexity index is 1020. The van der Waals surface area contributed by atoms with E-state index in [2.05, 4.69) is 43.8 Å². The van der Waals surface area contributed by atoms with E-state index in [1.54, 1.807) is 12.1 Å². The van der Waals surface area contributed by atoms with E-state index < -0.39 is 0 Å². The Morgan fingerprint density at radius 1 is 0.844 bits per heavy atom. The van der Waals surface area contributed by atoms with E-state index in [0.717, 1.165) is 22.8 Å². The van der Waals surface area contributed by atoms with Gasteiger partial charge in [-0.05, 0) is 52.8 Å². The molecule has 0 nitrogen and oxygen atoms in total. The largest absolute Gasteiger partial charge is 0.206 e. The van der Waals surface area contributed by atoms with Crippen molar-refractivity contribution < 1.29 is 4.39 Å². The topological polar surface area (TPSA) is 0 Å². The van der Waals surface area contributed by atoms with Crippen LogP contribution in [0.3, 0.4) is 0 Å². The molecule has 0 N–H and O–H groups in total. The van der Waals surface area contributed by atoms with Crippen LogP contribution < -0.4 is 0 Å². The fraction of sp³-hybridized carbons (Fsp3) is 0.419. The van der Waals surface area contributed by atoms with Gasteiger partial charge in [0.2, 0.25) is 0 Å². The minimum atomic E-state index is -0.186. The van der Waals surface area contributed by atoms with Gasteiger partial charge in [0.05, 0.1) is 0 Å². The number of aryl methyl sites for hydroxylation is 1. The maximum Gasteiger partial charge on any atom is 0.138 e. The van der Waals surface area contributed by atoms with E-state index in [-0.39, 0.29) is 5.82 Å². The summed E-state index contributed by atoms with van der Waals surface area (Å²) in [5.74, 6) is 1.72. The van der Waals surface area contributed by atoms with Crippen LogP contribution in [-0.4, -0.2) is 0 Å². The summed E-state index contributed by atoms with van der Waals surface area (Å²) in [5.41, 5.74) is 4.31. The Labute approximate surface area is 193 Å². The van der Waals surface area contributed by atoms with Crippen LogP contribution in [0.2, 0.25) is 0 Å². The van der Waals surface area contributed by atoms with Gasteiger partial charge in [0.1, 0.15) is 5.82 Å². The predicted octanol–water partition coefficient (Wildman–Crippen LogP) is 9.61. The molecule has 0 amide bonds. The summed E-state index contributed by atoms with van der Waals surface area (Å²) in [5, 5.41) is 1.59. The van der Waals surface area contributed by atoms with Crippen LogP contribution in [0.25, 0.3) is 28.0 Å². The van der Waals surface area contributed by atoms with Gasteiger partial charge < -0.3 is 0 Å². The highest BCUT2D eigenvalue weighted by Crippen LogP contribution is 2.34. The van der Waals surface area contributed by atoms with Crippen molar-refractivity contribution in [3.05, 3.63) is 78.1 Å². The molecule has 0 radical (unpaired) electrons. The molecule has 1 aliphatic carbocycles. The van der Waals surface area contributed by atoms with E-state index in [9.17, 15) is 4.39 Å². The number of rotatable bonds is 9. The Hall–Kier alpha value is -2.41. The average Bonchev–Trinajstić information content (AvgIpc) is 2.84. The second-order valence-electron chi connectivity index (χ2n) is 9.73. The third kappa shape index (κ3) is 5.49. The molecule has 0 atom stereocenters. The van der Waals surface area contributed by atoms with Crippen LogP contribution in [0.4, 0.5) is 4.39 Å². The number of hydrogen-bond donors (Lipinski definition) is 0. The SMILES string of the molecule is C=Cc1ccc2cc(-c3ccc(CCC4CCC(CCCCC)CC4)cc3)ccc2c1F. The Morgan fingerprint density at radius 3 is 2.22 bits per heavy atom. The summed E-state index contributed by atoms with van der Waals surface area (Å²) in [7, 11) is 0. The summed E-state index contributed by atoms with van der Waals surface area (Å²) < 4.78 is 14.5. The van der Waals surface area contributed by atoms with Gasteiger partial charge in [0.15, 0.2) is 0 Å². The number of benzene rings is 3. The first-order valence-electron chi connectivity index (χ1n) is 12.6. The van der Waals surface area contributed by atoms with E-state index in [4.69, 9.17) is 0 Å². The Balaban J connectivity index is 1.32. The van der Waals surface area contributed by atoms with Crippen molar-refractivity contribution in [1.82, 2.24) is 0 Å². The molecule has 3 aromatic carbocycles. The molecule has 0 spiro atoms. The normalized spacial score (nSPS) is 18.7. The summed E-state index contributed by atoms with van der Waals surface area (Å²) in [4.78, 5) is 0. The molecule has 1 fully saturated rings. The quantitative estimate of drug-likeness (QED) is 0.298. The minimum absolute atomic E-state index is 0.186. The molecule has 4 rings (SSSR count). The summed E-state index contributed by atoms with van der Waals surface area (Å²) in [6.07, 6.45) is 15.5. The number of halogens is 1. The van der Waals surface area contributed by atoms with Crippen molar-refractivity contribution in [2.24, 2.45) is 11.8 Å². The van der Waals surface area contributed by atoms with Crippen LogP contribution in [0.15, 0.2) is 61.2 Å². The molecule has 32 heavy (non-hydrogen) atoms. The molecule has 0 saturated heterocycles. The van der Waals surface area contributed by atoms with Crippen molar-refractivity contribution in [3.8, 4) is 11.1 Å². The monoisotopic (exact) mass is 428 g/mol. The smallest absolute Gasteiger partial charge is 0.138 e. The maximum atomic E-state index is 14.5. The van der Waals surface area contributed by atoms with Crippen molar-refractivity contribution in [2.45, 2.75) is 71.1 Å². The van der Waals surface area contributed by atoms with Crippen LogP contribution in [0.5, 0.6) is 0 Å². The summed E-state index contributed by atoms with van der Waals surface area (Å²) >= 11 is 0. The van der Waals surface area contributed by atoms with Gasteiger partial charge in [-0.15, -0.1) is 0 Å². The molecule has 168 valence electrons. The molecule has 0 aromatic heterocycles. The molecule has 0 aliphatic heterocycles. The lowest BCUT2D eigenvalue weighted by atomic mass is 9.78. The van der Waals surface area contributed by atoms with E-state index in [1.165, 1.54) is 75.3 Å². The summed E-state index contributed by atoms with van der Waals surface area (Å²) in [6, 6.07) is 18.8. The Morgan fingerprint density at radius 2 is 1.53 bits per heavy atom. The van der Waals surface area contributed by atoms with Gasteiger partial charge in [-0.3, -0.25) is 0 Å². The first kappa shape index (κ1) is 22.8. The Kier molecular flexibility index (Phi) is 7.79. The lowest BCUT2D eigenvalue weighted by Crippen LogP contribution is -2.15. The zero-order chi connectivity index (χ0) is 22.3. The number of hydrogen-bond acceptors (Lipinski definition) is 0. The average molecular weight is 429 g/mol. The first-order chi connectivity index (χ1) is 15.7. The highest BCUT2D eigenvalue weighted by atomic mass is 19.1. The third-order valence-electron chi connectivity index (χ3n) is 7.51. The zero-order valence-corrected chi connectivity index (χ0v) is 19.6. The van der Waals surface area contributed by atoms with Crippen molar-refractivity contribution in [3.63, 3.8) is 0 Å². The van der Waals surface area contributed by atoms with Gasteiger partial charge in [0, 0.05) is 10.9 Å². The molecule has 1 heteroatoms. The number of unbranched alkanes of at least 4 members (excludes halogenated alkanes) is 2. The second kappa shape index (κ2) is 10.9. The van der Waals surface area contributed by atoms with Gasteiger partial charge in [-0.2, -0.15) is 0 Å². The first-order valence-corrected chi connectivity index (χ1v) is 12.6. The van der Waals surface area contributed by atoms with E-state index in [0.29, 0.717) is 10.9 Å². The second-order valence-corrected chi connectivity index (χ2v) is 9.73. The molecular formula is C31H37F. The van der Waals surface area contributed by atoms with Gasteiger partial charge in [0.25, 0.3) is 0 Å². The van der Waals surface area contributed by atoms with Gasteiger partial charge in [-0.1, -0.05) is 119 Å². The molecule has 0 heterocycles. The molecular weight excluding hydrogens is 391 g/mol. The fourth-order valence-electron chi connectivity index (χ4n) is 5.37. The van der Waals surface area contributed by atoms with E-state index in [1.807, 2.05) is 18.2 Å². The lowest BCUT2D eigenvalue weighted by molar-refractivity contribution is 0.249. The maximum absolute atomic E-state index is 14.5. The minimum Gasteiger partial charge on any atom is -0.206 e. The van der Waals surface area contributed by atoms with Crippen LogP contribution in [0, 0.1) is 17.7 Å². The molecule has 1 saturated carbocycles. The fourth-order valence-corrected chi connectivity index (χ4v) is 5.37. The van der Waals surface area contributed by atoms with Crippen molar-refractivity contribution in [2.75, 3.05) is 0 Å². The molecule has 1 aliphatic rings. The van der Waals surface area contributed by atoms with Crippen molar-refractivity contribution in [1.29, 1.82) is 0 Å². The molecule has 3 aromatic rings.